The van der Waals surface area contributed by atoms with Crippen LogP contribution in [0.5, 0.6) is 0 Å². The first-order valence-corrected chi connectivity index (χ1v) is 28.0. The van der Waals surface area contributed by atoms with Gasteiger partial charge in [-0.05, 0) is 85.6 Å². The summed E-state index contributed by atoms with van der Waals surface area (Å²) in [5.41, 5.74) is 10.6. The minimum atomic E-state index is -0.331. The van der Waals surface area contributed by atoms with Gasteiger partial charge in [-0.1, -0.05) is 36.5 Å². The van der Waals surface area contributed by atoms with Gasteiger partial charge in [-0.3, -0.25) is 14.5 Å². The van der Waals surface area contributed by atoms with Gasteiger partial charge in [0, 0.05) is 130 Å². The van der Waals surface area contributed by atoms with Crippen LogP contribution in [0.4, 0.5) is 41.8 Å². The van der Waals surface area contributed by atoms with Gasteiger partial charge >= 0.3 is 0 Å². The van der Waals surface area contributed by atoms with E-state index in [4.69, 9.17) is 31.8 Å². The molecule has 2 aliphatic rings. The van der Waals surface area contributed by atoms with Gasteiger partial charge in [0.05, 0.1) is 40.3 Å². The minimum Gasteiger partial charge on any atom is -0.369 e. The molecule has 23 heteroatoms. The third-order valence-corrected chi connectivity index (χ3v) is 15.9. The second-order valence-electron chi connectivity index (χ2n) is 19.1. The van der Waals surface area contributed by atoms with Crippen molar-refractivity contribution in [1.29, 1.82) is 10.5 Å². The molecule has 1 N–H and O–H groups in total. The number of aromatic nitrogens is 6. The summed E-state index contributed by atoms with van der Waals surface area (Å²) < 4.78 is 30.7. The van der Waals surface area contributed by atoms with Crippen molar-refractivity contribution in [3.8, 4) is 34.7 Å². The van der Waals surface area contributed by atoms with Gasteiger partial charge in [0.2, 0.25) is 11.8 Å². The highest BCUT2D eigenvalue weighted by Gasteiger charge is 2.26. The van der Waals surface area contributed by atoms with E-state index in [0.717, 1.165) is 110 Å². The number of fused-ring (bicyclic) bond motifs is 2. The molecule has 0 aliphatic carbocycles. The Morgan fingerprint density at radius 3 is 1.42 bits per heavy atom. The van der Waals surface area contributed by atoms with Gasteiger partial charge < -0.3 is 34.7 Å². The number of rotatable bonds is 13. The number of carbonyl (C=O) groups is 2. The van der Waals surface area contributed by atoms with Gasteiger partial charge in [0.15, 0.2) is 10.3 Å². The molecule has 2 aliphatic heterocycles. The largest absolute Gasteiger partial charge is 0.369 e. The summed E-state index contributed by atoms with van der Waals surface area (Å²) in [5.74, 6) is -0.505. The lowest BCUT2D eigenvalue weighted by Crippen LogP contribution is -2.49. The Labute approximate surface area is 471 Å². The Balaban J connectivity index is 0.000000188. The molecule has 2 amide bonds. The average Bonchev–Trinajstić information content (AvgIpc) is 4.36. The minimum absolute atomic E-state index is 0.0540. The summed E-state index contributed by atoms with van der Waals surface area (Å²) in [6.07, 6.45) is 5.49. The Bertz CT molecular complexity index is 3500. The summed E-state index contributed by atoms with van der Waals surface area (Å²) in [6, 6.07) is 25.1. The van der Waals surface area contributed by atoms with Crippen LogP contribution in [0.3, 0.4) is 0 Å². The topological polar surface area (TPSA) is 177 Å². The molecule has 0 unspecified atom stereocenters. The fraction of sp³-hybridized carbons (Fsp3) is 0.357. The molecule has 0 atom stereocenters. The highest BCUT2D eigenvalue weighted by atomic mass is 35.5. The quantitative estimate of drug-likeness (QED) is 0.109. The van der Waals surface area contributed by atoms with Crippen molar-refractivity contribution >= 4 is 90.1 Å². The normalized spacial score (nSPS) is 13.5. The molecule has 8 aromatic rings. The van der Waals surface area contributed by atoms with Crippen LogP contribution >= 0.6 is 34.3 Å². The van der Waals surface area contributed by atoms with Gasteiger partial charge in [-0.25, -0.2) is 27.8 Å². The Morgan fingerprint density at radius 2 is 1.05 bits per heavy atom. The molecule has 10 rings (SSSR count). The Kier molecular flexibility index (Phi) is 18.8. The van der Waals surface area contributed by atoms with E-state index in [1.807, 2.05) is 45.3 Å². The number of alkyl halides is 1. The summed E-state index contributed by atoms with van der Waals surface area (Å²) in [4.78, 5) is 47.0. The molecule has 2 aromatic carbocycles. The number of nitriles is 2. The summed E-state index contributed by atoms with van der Waals surface area (Å²) >= 11 is 7.79. The number of hydrogen-bond donors (Lipinski definition) is 1. The van der Waals surface area contributed by atoms with Crippen LogP contribution < -0.4 is 24.9 Å². The number of thiazole rings is 2. The van der Waals surface area contributed by atoms with Crippen LogP contribution in [-0.2, 0) is 22.4 Å². The number of hydrogen-bond acceptors (Lipinski definition) is 16. The number of benzene rings is 2. The van der Waals surface area contributed by atoms with E-state index in [1.165, 1.54) is 57.5 Å². The fourth-order valence-electron chi connectivity index (χ4n) is 9.14. The van der Waals surface area contributed by atoms with E-state index >= 15 is 0 Å². The zero-order chi connectivity index (χ0) is 56.5. The highest BCUT2D eigenvalue weighted by Crippen LogP contribution is 2.41. The lowest BCUT2D eigenvalue weighted by Gasteiger charge is -2.36. The molecule has 79 heavy (non-hydrogen) atoms. The third-order valence-electron chi connectivity index (χ3n) is 13.6. The number of carbonyl (C=O) groups excluding carboxylic acids is 2. The Morgan fingerprint density at radius 1 is 0.633 bits per heavy atom. The SMILES string of the molecule is CCc1nn2ccc(N3CCN(CC(=O)N(C)C)CC3)cc2c1N(C)c1nc(-c2ccc(F)cc2)c(C#N)s1.CCc1nn2ccc(N3CCNCC3)cc2c1N(C)c1nc(-c2ccc(F)cc2)c(C#N)s1.CN(C)C(=O)CCl. The van der Waals surface area contributed by atoms with Crippen molar-refractivity contribution < 1.29 is 18.4 Å². The first-order chi connectivity index (χ1) is 38.0. The molecule has 18 nitrogen and oxygen atoms in total. The lowest BCUT2D eigenvalue weighted by atomic mass is 10.1. The molecule has 0 bridgehead atoms. The monoisotopic (exact) mass is 1130 g/mol. The van der Waals surface area contributed by atoms with Crippen molar-refractivity contribution in [1.82, 2.24) is 49.2 Å². The maximum absolute atomic E-state index is 13.5. The molecular formula is C56H63ClF2N16O2S2. The highest BCUT2D eigenvalue weighted by molar-refractivity contribution is 7.17. The van der Waals surface area contributed by atoms with Crippen LogP contribution in [0, 0.1) is 34.3 Å². The van der Waals surface area contributed by atoms with Crippen LogP contribution in [0.1, 0.15) is 35.0 Å². The second-order valence-corrected chi connectivity index (χ2v) is 21.4. The predicted octanol–water partition coefficient (Wildman–Crippen LogP) is 8.53. The number of amides is 2. The summed E-state index contributed by atoms with van der Waals surface area (Å²) in [5, 5.41) is 33.9. The van der Waals surface area contributed by atoms with E-state index in [2.05, 4.69) is 70.3 Å². The maximum Gasteiger partial charge on any atom is 0.236 e. The van der Waals surface area contributed by atoms with Crippen LogP contribution in [0.15, 0.2) is 85.2 Å². The molecule has 0 saturated carbocycles. The summed E-state index contributed by atoms with van der Waals surface area (Å²) in [7, 11) is 10.8. The number of halogens is 3. The van der Waals surface area contributed by atoms with E-state index in [9.17, 15) is 28.9 Å². The van der Waals surface area contributed by atoms with Gasteiger partial charge in [0.1, 0.15) is 50.8 Å². The van der Waals surface area contributed by atoms with Gasteiger partial charge in [-0.2, -0.15) is 20.7 Å². The van der Waals surface area contributed by atoms with Crippen LogP contribution in [0.25, 0.3) is 33.5 Å². The second kappa shape index (κ2) is 25.8. The molecule has 8 heterocycles. The van der Waals surface area contributed by atoms with Crippen molar-refractivity contribution in [2.45, 2.75) is 26.7 Å². The molecular weight excluding hydrogens is 1070 g/mol. The van der Waals surface area contributed by atoms with Crippen molar-refractivity contribution in [3.05, 3.63) is 118 Å². The molecule has 2 fully saturated rings. The first kappa shape index (κ1) is 57.4. The first-order valence-electron chi connectivity index (χ1n) is 25.8. The molecule has 412 valence electrons. The number of anilines is 6. The van der Waals surface area contributed by atoms with Crippen LogP contribution in [-0.4, -0.2) is 163 Å². The molecule has 2 saturated heterocycles. The predicted molar refractivity (Wildman–Crippen MR) is 312 cm³/mol. The molecule has 0 radical (unpaired) electrons. The van der Waals surface area contributed by atoms with E-state index in [0.29, 0.717) is 43.5 Å². The van der Waals surface area contributed by atoms with Crippen molar-refractivity contribution in [3.63, 3.8) is 0 Å². The number of likely N-dealkylation sites (N-methyl/N-ethyl adjacent to an activating group) is 1. The average molecular weight is 1130 g/mol. The van der Waals surface area contributed by atoms with Crippen LogP contribution in [0.2, 0.25) is 0 Å². The maximum atomic E-state index is 13.5. The number of pyridine rings is 2. The smallest absolute Gasteiger partial charge is 0.236 e. The van der Waals surface area contributed by atoms with E-state index in [-0.39, 0.29) is 29.3 Å². The van der Waals surface area contributed by atoms with Crippen molar-refractivity contribution in [2.75, 3.05) is 127 Å². The van der Waals surface area contributed by atoms with E-state index < -0.39 is 0 Å². The Hall–Kier alpha value is -7.73. The number of aryl methyl sites for hydroxylation is 2. The van der Waals surface area contributed by atoms with Crippen molar-refractivity contribution in [2.24, 2.45) is 0 Å². The summed E-state index contributed by atoms with van der Waals surface area (Å²) in [6.45, 7) is 11.8. The standard InChI is InChI=1S/C28H31FN8OS.C24H24FN7S.C4H8ClNO/c1-5-22-27(34(4)28-31-26(24(17-30)39-28)19-6-8-20(29)9-7-19)23-16-21(10-11-37(23)32-22)36-14-12-35(13-15-36)18-25(38)33(2)3;1-3-19-23(20-14-18(8-11-32(20)29-19)31-12-9-27-10-13-31)30(2)24-28-22(21(15-26)33-24)16-4-6-17(25)7-5-16;1-6(2)4(7)3-5/h6-11,16H,5,12-15,18H2,1-4H3;4-8,11,14,27H,3,9-10,12-13H2,1-2H3;3H2,1-2H3. The zero-order valence-electron chi connectivity index (χ0n) is 45.5. The number of piperazine rings is 2. The third kappa shape index (κ3) is 13.1. The zero-order valence-corrected chi connectivity index (χ0v) is 47.9. The number of nitrogens with one attached hydrogen (secondary N) is 1. The van der Waals surface area contributed by atoms with Gasteiger partial charge in [0.25, 0.3) is 0 Å². The van der Waals surface area contributed by atoms with Gasteiger partial charge in [-0.15, -0.1) is 11.6 Å². The molecule has 6 aromatic heterocycles. The lowest BCUT2D eigenvalue weighted by molar-refractivity contribution is -0.130. The molecule has 0 spiro atoms. The number of nitrogens with zero attached hydrogens (tertiary/aromatic N) is 15. The van der Waals surface area contributed by atoms with E-state index in [1.54, 1.807) is 57.4 Å². The fourth-order valence-corrected chi connectivity index (χ4v) is 11.1.